The molecule has 2 heteroatoms. The number of hydrogen-bond donors (Lipinski definition) is 0. The third kappa shape index (κ3) is 5.18. The molecule has 1 nitrogen and oxygen atoms in total. The lowest BCUT2D eigenvalue weighted by Crippen LogP contribution is -2.15. The van der Waals surface area contributed by atoms with Crippen LogP contribution in [0.25, 0.3) is 11.1 Å². The normalized spacial score (nSPS) is 19.8. The second kappa shape index (κ2) is 9.53. The van der Waals surface area contributed by atoms with E-state index in [1.807, 2.05) is 24.3 Å². The van der Waals surface area contributed by atoms with Crippen LogP contribution >= 0.6 is 0 Å². The Bertz CT molecular complexity index is 703. The first-order valence-corrected chi connectivity index (χ1v) is 9.94. The van der Waals surface area contributed by atoms with E-state index >= 15 is 0 Å². The maximum Gasteiger partial charge on any atom is 0.0991 e. The van der Waals surface area contributed by atoms with Crippen molar-refractivity contribution in [1.82, 2.24) is 0 Å². The van der Waals surface area contributed by atoms with Crippen LogP contribution in [0.15, 0.2) is 48.5 Å². The van der Waals surface area contributed by atoms with E-state index in [4.69, 9.17) is 5.26 Å². The highest BCUT2D eigenvalue weighted by Gasteiger charge is 2.20. The fourth-order valence-electron chi connectivity index (χ4n) is 4.15. The van der Waals surface area contributed by atoms with Crippen molar-refractivity contribution < 1.29 is 4.39 Å². The maximum atomic E-state index is 12.3. The zero-order valence-electron chi connectivity index (χ0n) is 15.5. The average Bonchev–Trinajstić information content (AvgIpc) is 2.72. The Hall–Kier alpha value is -2.14. The Morgan fingerprint density at radius 2 is 1.35 bits per heavy atom. The molecule has 0 amide bonds. The van der Waals surface area contributed by atoms with Crippen molar-refractivity contribution >= 4 is 0 Å². The molecule has 2 aromatic carbocycles. The van der Waals surface area contributed by atoms with Gasteiger partial charge in [0.05, 0.1) is 18.3 Å². The monoisotopic (exact) mass is 349 g/mol. The van der Waals surface area contributed by atoms with Crippen LogP contribution < -0.4 is 0 Å². The van der Waals surface area contributed by atoms with E-state index in [9.17, 15) is 4.39 Å². The van der Waals surface area contributed by atoms with Crippen LogP contribution in [0.2, 0.25) is 0 Å². The van der Waals surface area contributed by atoms with Gasteiger partial charge in [0, 0.05) is 0 Å². The molecule has 0 heterocycles. The average molecular weight is 349 g/mol. The van der Waals surface area contributed by atoms with Crippen molar-refractivity contribution in [2.75, 3.05) is 6.67 Å². The van der Waals surface area contributed by atoms with Gasteiger partial charge in [0.2, 0.25) is 0 Å². The van der Waals surface area contributed by atoms with Gasteiger partial charge < -0.3 is 0 Å². The van der Waals surface area contributed by atoms with Gasteiger partial charge in [0.1, 0.15) is 0 Å². The second-order valence-corrected chi connectivity index (χ2v) is 7.64. The minimum Gasteiger partial charge on any atom is -0.251 e. The largest absolute Gasteiger partial charge is 0.251 e. The van der Waals surface area contributed by atoms with E-state index in [1.54, 1.807) is 0 Å². The predicted molar refractivity (Wildman–Crippen MR) is 106 cm³/mol. The lowest BCUT2D eigenvalue weighted by molar-refractivity contribution is 0.245. The first kappa shape index (κ1) is 18.6. The zero-order valence-corrected chi connectivity index (χ0v) is 15.5. The predicted octanol–water partition coefficient (Wildman–Crippen LogP) is 6.71. The molecule has 0 saturated heterocycles. The Morgan fingerprint density at radius 3 is 1.88 bits per heavy atom. The lowest BCUT2D eigenvalue weighted by atomic mass is 9.78. The Kier molecular flexibility index (Phi) is 6.83. The molecular formula is C24H28FN. The van der Waals surface area contributed by atoms with Crippen molar-refractivity contribution in [3.8, 4) is 17.2 Å². The first-order valence-electron chi connectivity index (χ1n) is 9.94. The van der Waals surface area contributed by atoms with Crippen LogP contribution in [0, 0.1) is 23.2 Å². The highest BCUT2D eigenvalue weighted by molar-refractivity contribution is 5.64. The molecular weight excluding hydrogens is 321 g/mol. The number of halogens is 1. The quantitative estimate of drug-likeness (QED) is 0.544. The number of nitriles is 1. The smallest absolute Gasteiger partial charge is 0.0991 e. The number of aryl methyl sites for hydroxylation is 1. The van der Waals surface area contributed by atoms with Crippen LogP contribution in [0.3, 0.4) is 0 Å². The van der Waals surface area contributed by atoms with Gasteiger partial charge in [-0.05, 0) is 66.3 Å². The van der Waals surface area contributed by atoms with Gasteiger partial charge in [-0.2, -0.15) is 5.26 Å². The van der Waals surface area contributed by atoms with Gasteiger partial charge in [-0.15, -0.1) is 0 Å². The summed E-state index contributed by atoms with van der Waals surface area (Å²) in [6, 6.07) is 18.8. The summed E-state index contributed by atoms with van der Waals surface area (Å²) in [5.41, 5.74) is 4.46. The summed E-state index contributed by atoms with van der Waals surface area (Å²) in [4.78, 5) is 0. The summed E-state index contributed by atoms with van der Waals surface area (Å²) in [5.74, 6) is 1.61. The molecule has 1 aliphatic carbocycles. The van der Waals surface area contributed by atoms with E-state index in [0.29, 0.717) is 5.56 Å². The maximum absolute atomic E-state index is 12.3. The molecule has 1 aliphatic rings. The highest BCUT2D eigenvalue weighted by atomic mass is 19.1. The molecule has 0 radical (unpaired) electrons. The van der Waals surface area contributed by atoms with Crippen molar-refractivity contribution in [2.24, 2.45) is 11.8 Å². The van der Waals surface area contributed by atoms with E-state index in [2.05, 4.69) is 30.3 Å². The summed E-state index contributed by atoms with van der Waals surface area (Å²) in [6.45, 7) is -0.154. The molecule has 2 aromatic rings. The summed E-state index contributed by atoms with van der Waals surface area (Å²) in [7, 11) is 0. The molecule has 0 aromatic heterocycles. The molecule has 0 atom stereocenters. The third-order valence-electron chi connectivity index (χ3n) is 5.85. The molecule has 3 rings (SSSR count). The van der Waals surface area contributed by atoms with Gasteiger partial charge in [-0.1, -0.05) is 62.1 Å². The number of nitrogens with zero attached hydrogens (tertiary/aromatic N) is 1. The fraction of sp³-hybridized carbons (Fsp3) is 0.458. The number of alkyl halides is 1. The van der Waals surface area contributed by atoms with Crippen molar-refractivity contribution in [3.05, 3.63) is 59.7 Å². The SMILES string of the molecule is N#Cc1ccc(-c2ccc(CC[C@H]3CC[C@H](CCCF)CC3)cc2)cc1. The van der Waals surface area contributed by atoms with Crippen molar-refractivity contribution in [2.45, 2.75) is 51.4 Å². The Balaban J connectivity index is 1.47. The van der Waals surface area contributed by atoms with E-state index in [0.717, 1.165) is 36.7 Å². The highest BCUT2D eigenvalue weighted by Crippen LogP contribution is 2.34. The standard InChI is InChI=1S/C24H28FN/c25-17-1-2-19-3-5-20(6-4-19)7-8-21-9-13-23(14-10-21)24-15-11-22(18-26)12-16-24/h9-16,19-20H,1-8,17H2/t19-,20-. The summed E-state index contributed by atoms with van der Waals surface area (Å²) >= 11 is 0. The van der Waals surface area contributed by atoms with Gasteiger partial charge in [0.15, 0.2) is 0 Å². The van der Waals surface area contributed by atoms with Crippen LogP contribution in [0.4, 0.5) is 4.39 Å². The van der Waals surface area contributed by atoms with Crippen molar-refractivity contribution in [1.29, 1.82) is 5.26 Å². The molecule has 1 saturated carbocycles. The molecule has 0 unspecified atom stereocenters. The van der Waals surface area contributed by atoms with Crippen molar-refractivity contribution in [3.63, 3.8) is 0 Å². The first-order chi connectivity index (χ1) is 12.8. The van der Waals surface area contributed by atoms with Crippen LogP contribution in [-0.2, 0) is 6.42 Å². The van der Waals surface area contributed by atoms with Crippen LogP contribution in [0.5, 0.6) is 0 Å². The fourth-order valence-corrected chi connectivity index (χ4v) is 4.15. The minimum atomic E-state index is -0.154. The van der Waals surface area contributed by atoms with E-state index in [-0.39, 0.29) is 6.67 Å². The summed E-state index contributed by atoms with van der Waals surface area (Å²) in [5, 5.41) is 8.89. The van der Waals surface area contributed by atoms with E-state index < -0.39 is 0 Å². The second-order valence-electron chi connectivity index (χ2n) is 7.64. The lowest BCUT2D eigenvalue weighted by Gasteiger charge is -2.28. The Morgan fingerprint density at radius 1 is 0.808 bits per heavy atom. The Labute approximate surface area is 156 Å². The molecule has 136 valence electrons. The summed E-state index contributed by atoms with van der Waals surface area (Å²) in [6.07, 6.45) is 9.48. The van der Waals surface area contributed by atoms with Gasteiger partial charge in [0.25, 0.3) is 0 Å². The van der Waals surface area contributed by atoms with Gasteiger partial charge in [-0.3, -0.25) is 4.39 Å². The minimum absolute atomic E-state index is 0.154. The molecule has 1 fully saturated rings. The number of hydrogen-bond acceptors (Lipinski definition) is 1. The molecule has 26 heavy (non-hydrogen) atoms. The van der Waals surface area contributed by atoms with E-state index in [1.165, 1.54) is 43.2 Å². The topological polar surface area (TPSA) is 23.8 Å². The van der Waals surface area contributed by atoms with Gasteiger partial charge >= 0.3 is 0 Å². The molecule has 0 bridgehead atoms. The molecule has 0 spiro atoms. The molecule has 0 aliphatic heterocycles. The van der Waals surface area contributed by atoms with Gasteiger partial charge in [-0.25, -0.2) is 0 Å². The molecule has 0 N–H and O–H groups in total. The zero-order chi connectivity index (χ0) is 18.2. The summed E-state index contributed by atoms with van der Waals surface area (Å²) < 4.78 is 12.3. The number of benzene rings is 2. The number of rotatable bonds is 7. The van der Waals surface area contributed by atoms with Crippen LogP contribution in [0.1, 0.15) is 56.1 Å². The van der Waals surface area contributed by atoms with Crippen LogP contribution in [-0.4, -0.2) is 6.67 Å². The third-order valence-corrected chi connectivity index (χ3v) is 5.85.